The second-order valence-corrected chi connectivity index (χ2v) is 8.08. The Balaban J connectivity index is 1.68. The van der Waals surface area contributed by atoms with Gasteiger partial charge in [0.05, 0.1) is 15.9 Å². The molecule has 2 aromatic carbocycles. The molecule has 0 amide bonds. The van der Waals surface area contributed by atoms with Crippen molar-refractivity contribution in [1.29, 1.82) is 0 Å². The molecule has 0 spiro atoms. The predicted octanol–water partition coefficient (Wildman–Crippen LogP) is 0.549. The van der Waals surface area contributed by atoms with E-state index in [1.807, 2.05) is 30.3 Å². The summed E-state index contributed by atoms with van der Waals surface area (Å²) in [6.07, 6.45) is 0. The summed E-state index contributed by atoms with van der Waals surface area (Å²) in [6, 6.07) is 14.9. The van der Waals surface area contributed by atoms with Gasteiger partial charge in [-0.2, -0.15) is 18.3 Å². The third-order valence-corrected chi connectivity index (χ3v) is 6.36. The van der Waals surface area contributed by atoms with Crippen LogP contribution in [-0.4, -0.2) is 0 Å². The topological polar surface area (TPSA) is 100 Å². The first-order valence-electron chi connectivity index (χ1n) is 6.06. The standard InChI is InChI=1S/C13H10ClNO5S2/c16-14(17,18)20-22-15-12-8-11(6-7-13(12)21-22)19-9-10-4-2-1-3-5-10/h1-8H,9H2. The molecule has 1 aliphatic rings. The maximum atomic E-state index is 10.6. The molecule has 0 fully saturated rings. The van der Waals surface area contributed by atoms with E-state index in [4.69, 9.17) is 4.74 Å². The predicted molar refractivity (Wildman–Crippen MR) is 73.6 cm³/mol. The Morgan fingerprint density at radius 3 is 2.59 bits per heavy atom. The van der Waals surface area contributed by atoms with Gasteiger partial charge in [-0.15, -0.1) is 0 Å². The Hall–Kier alpha value is -1.13. The lowest BCUT2D eigenvalue weighted by Gasteiger charge is -2.10. The Morgan fingerprint density at radius 2 is 1.86 bits per heavy atom. The van der Waals surface area contributed by atoms with Gasteiger partial charge < -0.3 is 4.74 Å². The van der Waals surface area contributed by atoms with E-state index in [0.29, 0.717) is 18.0 Å². The Bertz CT molecular complexity index is 705. The zero-order valence-electron chi connectivity index (χ0n) is 11.0. The van der Waals surface area contributed by atoms with Crippen LogP contribution in [0.3, 0.4) is 0 Å². The van der Waals surface area contributed by atoms with Crippen LogP contribution in [0.25, 0.3) is 0 Å². The summed E-state index contributed by atoms with van der Waals surface area (Å²) in [5.41, 5.74) is 1.59. The number of fused-ring (bicyclic) bond motifs is 1. The lowest BCUT2D eigenvalue weighted by atomic mass is 10.2. The number of rotatable bonds is 5. The minimum atomic E-state index is -4.49. The number of hydrogen-bond acceptors (Lipinski definition) is 7. The second kappa shape index (κ2) is 6.55. The van der Waals surface area contributed by atoms with Gasteiger partial charge in [0, 0.05) is 21.8 Å². The Morgan fingerprint density at radius 1 is 1.09 bits per heavy atom. The van der Waals surface area contributed by atoms with Crippen LogP contribution >= 0.6 is 10.8 Å². The van der Waals surface area contributed by atoms with Crippen LogP contribution in [0.2, 0.25) is 0 Å². The molecule has 2 aromatic rings. The van der Waals surface area contributed by atoms with Crippen LogP contribution in [0.15, 0.2) is 57.8 Å². The zero-order chi connectivity index (χ0) is 15.6. The molecule has 0 aromatic heterocycles. The van der Waals surface area contributed by atoms with E-state index in [-0.39, 0.29) is 0 Å². The summed E-state index contributed by atoms with van der Waals surface area (Å²) >= 11 is 0. The lowest BCUT2D eigenvalue weighted by Crippen LogP contribution is -2.60. The van der Waals surface area contributed by atoms with Crippen molar-refractivity contribution in [1.82, 2.24) is 0 Å². The average Bonchev–Trinajstić information content (AvgIpc) is 2.85. The highest BCUT2D eigenvalue weighted by atomic mass is 35.7. The van der Waals surface area contributed by atoms with Crippen LogP contribution in [0.1, 0.15) is 5.56 Å². The van der Waals surface area contributed by atoms with Crippen LogP contribution in [0.4, 0.5) is 5.69 Å². The second-order valence-electron chi connectivity index (χ2n) is 4.24. The molecule has 0 N–H and O–H groups in total. The van der Waals surface area contributed by atoms with Crippen LogP contribution < -0.4 is 18.7 Å². The fourth-order valence-corrected chi connectivity index (χ4v) is 5.39. The van der Waals surface area contributed by atoms with Gasteiger partial charge in [-0.3, -0.25) is 0 Å². The van der Waals surface area contributed by atoms with E-state index in [9.17, 15) is 14.0 Å². The van der Waals surface area contributed by atoms with Gasteiger partial charge in [0.15, 0.2) is 3.74 Å². The fraction of sp³-hybridized carbons (Fsp3) is 0.0769. The minimum Gasteiger partial charge on any atom is -0.489 e. The van der Waals surface area contributed by atoms with E-state index >= 15 is 0 Å². The van der Waals surface area contributed by atoms with Gasteiger partial charge in [-0.1, -0.05) is 30.3 Å². The fourth-order valence-electron chi connectivity index (χ4n) is 1.74. The van der Waals surface area contributed by atoms with Gasteiger partial charge >= 0.3 is 0 Å². The van der Waals surface area contributed by atoms with E-state index in [0.717, 1.165) is 21.3 Å². The van der Waals surface area contributed by atoms with Gasteiger partial charge in [-0.05, 0) is 17.7 Å². The molecule has 1 heterocycles. The molecule has 9 heteroatoms. The molecule has 3 rings (SSSR count). The number of benzene rings is 2. The first-order chi connectivity index (χ1) is 10.5. The summed E-state index contributed by atoms with van der Waals surface area (Å²) in [5.74, 6) is 0.611. The highest BCUT2D eigenvalue weighted by Gasteiger charge is 2.29. The van der Waals surface area contributed by atoms with Gasteiger partial charge in [-0.25, -0.2) is 0 Å². The van der Waals surface area contributed by atoms with Crippen molar-refractivity contribution in [2.75, 3.05) is 0 Å². The van der Waals surface area contributed by atoms with Gasteiger partial charge in [0.25, 0.3) is 10.0 Å². The third-order valence-electron chi connectivity index (χ3n) is 2.64. The molecule has 0 bridgehead atoms. The monoisotopic (exact) mass is 359 g/mol. The number of nitrogens with zero attached hydrogens (tertiary/aromatic N) is 1. The lowest BCUT2D eigenvalue weighted by molar-refractivity contribution is -1.91. The van der Waals surface area contributed by atoms with Crippen molar-refractivity contribution >= 4 is 26.5 Å². The molecule has 0 saturated carbocycles. The molecule has 0 aliphatic carbocycles. The average molecular weight is 360 g/mol. The van der Waals surface area contributed by atoms with Gasteiger partial charge in [0.1, 0.15) is 12.4 Å². The molecular weight excluding hydrogens is 350 g/mol. The van der Waals surface area contributed by atoms with E-state index in [1.165, 1.54) is 0 Å². The van der Waals surface area contributed by atoms with E-state index in [1.54, 1.807) is 18.2 Å². The van der Waals surface area contributed by atoms with Crippen molar-refractivity contribution in [3.63, 3.8) is 0 Å². The number of ether oxygens (including phenoxy) is 1. The maximum Gasteiger partial charge on any atom is 0.268 e. The van der Waals surface area contributed by atoms with Crippen molar-refractivity contribution in [2.45, 2.75) is 11.5 Å². The molecular formula is C13H10ClNO5S2. The Labute approximate surface area is 135 Å². The Kier molecular flexibility index (Phi) is 4.69. The van der Waals surface area contributed by atoms with Crippen molar-refractivity contribution in [3.8, 4) is 5.75 Å². The first-order valence-corrected chi connectivity index (χ1v) is 9.73. The van der Waals surface area contributed by atoms with Gasteiger partial charge in [0.2, 0.25) is 0 Å². The summed E-state index contributed by atoms with van der Waals surface area (Å²) in [5, 5.41) is 0. The smallest absolute Gasteiger partial charge is 0.268 e. The maximum absolute atomic E-state index is 10.6. The van der Waals surface area contributed by atoms with Crippen molar-refractivity contribution < 1.29 is 32.7 Å². The molecule has 0 radical (unpaired) electrons. The van der Waals surface area contributed by atoms with E-state index in [2.05, 4.69) is 8.10 Å². The summed E-state index contributed by atoms with van der Waals surface area (Å²) < 4.78 is 45.7. The molecule has 1 atom stereocenters. The third kappa shape index (κ3) is 4.20. The quantitative estimate of drug-likeness (QED) is 0.723. The molecule has 116 valence electrons. The zero-order valence-corrected chi connectivity index (χ0v) is 13.4. The molecule has 0 saturated heterocycles. The largest absolute Gasteiger partial charge is 0.489 e. The highest BCUT2D eigenvalue weighted by molar-refractivity contribution is 8.68. The van der Waals surface area contributed by atoms with Crippen molar-refractivity contribution in [3.05, 3.63) is 54.1 Å². The first kappa shape index (κ1) is 15.8. The molecule has 22 heavy (non-hydrogen) atoms. The summed E-state index contributed by atoms with van der Waals surface area (Å²) in [4.78, 5) is 0.745. The highest BCUT2D eigenvalue weighted by Crippen LogP contribution is 2.43. The van der Waals surface area contributed by atoms with Crippen molar-refractivity contribution in [2.24, 2.45) is 4.36 Å². The number of halogens is 1. The molecule has 1 unspecified atom stereocenters. The normalized spacial score (nSPS) is 17.0. The number of hydrogen-bond donors (Lipinski definition) is 0. The molecule has 6 nitrogen and oxygen atoms in total. The van der Waals surface area contributed by atoms with Crippen LogP contribution in [0, 0.1) is 10.2 Å². The summed E-state index contributed by atoms with van der Waals surface area (Å²) in [6.45, 7) is 0.419. The van der Waals surface area contributed by atoms with Crippen LogP contribution in [0.5, 0.6) is 5.75 Å². The van der Waals surface area contributed by atoms with Crippen LogP contribution in [-0.2, 0) is 20.3 Å². The minimum absolute atomic E-state index is 0.419. The van der Waals surface area contributed by atoms with E-state index < -0.39 is 20.2 Å². The molecule has 1 aliphatic heterocycles. The SMILES string of the molecule is [O-][Cl+3]([O-])([O-])OS1=Nc2cc(OCc3ccccc3)ccc2S1. The summed E-state index contributed by atoms with van der Waals surface area (Å²) in [7, 11) is -4.77.